The van der Waals surface area contributed by atoms with Gasteiger partial charge in [0.15, 0.2) is 0 Å². The summed E-state index contributed by atoms with van der Waals surface area (Å²) in [6.45, 7) is 0.598. The molecule has 0 aliphatic heterocycles. The Labute approximate surface area is 115 Å². The van der Waals surface area contributed by atoms with E-state index < -0.39 is 10.0 Å². The van der Waals surface area contributed by atoms with E-state index in [1.807, 2.05) is 0 Å². The first-order chi connectivity index (χ1) is 8.87. The molecule has 2 rings (SSSR count). The van der Waals surface area contributed by atoms with Gasteiger partial charge in [-0.1, -0.05) is 11.6 Å². The summed E-state index contributed by atoms with van der Waals surface area (Å²) in [6.07, 6.45) is 3.58. The van der Waals surface area contributed by atoms with Crippen LogP contribution in [0.2, 0.25) is 5.02 Å². The normalized spacial score (nSPS) is 15.5. The van der Waals surface area contributed by atoms with Crippen LogP contribution in [0.5, 0.6) is 0 Å². The van der Waals surface area contributed by atoms with Crippen LogP contribution in [0.4, 0.5) is 5.69 Å². The minimum Gasteiger partial charge on any atom is -0.378 e. The van der Waals surface area contributed by atoms with Crippen molar-refractivity contribution in [3.8, 4) is 0 Å². The predicted molar refractivity (Wildman–Crippen MR) is 72.7 cm³/mol. The lowest BCUT2D eigenvalue weighted by Gasteiger charge is -2.09. The number of primary sulfonamides is 1. The second-order valence-corrected chi connectivity index (χ2v) is 6.73. The number of sulfonamides is 1. The average Bonchev–Trinajstić information content (AvgIpc) is 3.09. The summed E-state index contributed by atoms with van der Waals surface area (Å²) in [4.78, 5) is 12.1. The van der Waals surface area contributed by atoms with E-state index in [2.05, 4.69) is 10.4 Å². The fraction of sp³-hybridized carbons (Fsp3) is 0.600. The largest absolute Gasteiger partial charge is 0.378 e. The second kappa shape index (κ2) is 5.48. The third-order valence-corrected chi connectivity index (χ3v) is 3.87. The molecule has 0 bridgehead atoms. The topological polar surface area (TPSA) is 107 Å². The van der Waals surface area contributed by atoms with Crippen LogP contribution in [0.25, 0.3) is 0 Å². The molecule has 19 heavy (non-hydrogen) atoms. The fourth-order valence-corrected chi connectivity index (χ4v) is 2.20. The Morgan fingerprint density at radius 1 is 1.53 bits per heavy atom. The quantitative estimate of drug-likeness (QED) is 0.769. The first-order valence-electron chi connectivity index (χ1n) is 5.87. The molecule has 0 saturated heterocycles. The van der Waals surface area contributed by atoms with Crippen molar-refractivity contribution >= 4 is 27.3 Å². The van der Waals surface area contributed by atoms with Crippen LogP contribution in [0.1, 0.15) is 12.8 Å². The van der Waals surface area contributed by atoms with Crippen molar-refractivity contribution in [3.05, 3.63) is 21.6 Å². The molecule has 0 atom stereocenters. The molecule has 1 aliphatic carbocycles. The van der Waals surface area contributed by atoms with Gasteiger partial charge in [-0.25, -0.2) is 18.2 Å². The van der Waals surface area contributed by atoms with E-state index >= 15 is 0 Å². The van der Waals surface area contributed by atoms with Crippen LogP contribution < -0.4 is 16.0 Å². The Morgan fingerprint density at radius 3 is 2.79 bits per heavy atom. The number of hydrogen-bond acceptors (Lipinski definition) is 5. The molecule has 7 nitrogen and oxygen atoms in total. The summed E-state index contributed by atoms with van der Waals surface area (Å²) in [5, 5.41) is 11.7. The molecule has 1 aliphatic rings. The maximum absolute atomic E-state index is 12.1. The van der Waals surface area contributed by atoms with Gasteiger partial charge < -0.3 is 5.32 Å². The predicted octanol–water partition coefficient (Wildman–Crippen LogP) is 0.00710. The van der Waals surface area contributed by atoms with Gasteiger partial charge in [0.25, 0.3) is 5.56 Å². The number of anilines is 1. The molecule has 0 radical (unpaired) electrons. The highest BCUT2D eigenvalue weighted by atomic mass is 35.5. The van der Waals surface area contributed by atoms with Crippen LogP contribution >= 0.6 is 11.6 Å². The molecule has 1 aromatic rings. The molecule has 1 aromatic heterocycles. The number of nitrogens with zero attached hydrogens (tertiary/aromatic N) is 2. The van der Waals surface area contributed by atoms with Crippen molar-refractivity contribution in [1.29, 1.82) is 0 Å². The van der Waals surface area contributed by atoms with Crippen molar-refractivity contribution in [1.82, 2.24) is 9.78 Å². The summed E-state index contributed by atoms with van der Waals surface area (Å²) >= 11 is 5.88. The van der Waals surface area contributed by atoms with E-state index in [0.717, 1.165) is 12.8 Å². The van der Waals surface area contributed by atoms with Crippen molar-refractivity contribution in [2.24, 2.45) is 11.1 Å². The highest BCUT2D eigenvalue weighted by Crippen LogP contribution is 2.30. The molecule has 0 unspecified atom stereocenters. The Bertz CT molecular complexity index is 624. The van der Waals surface area contributed by atoms with E-state index in [0.29, 0.717) is 12.5 Å². The van der Waals surface area contributed by atoms with Gasteiger partial charge in [0.1, 0.15) is 5.69 Å². The third kappa shape index (κ3) is 4.19. The number of hydrogen-bond donors (Lipinski definition) is 2. The first-order valence-corrected chi connectivity index (χ1v) is 7.96. The maximum atomic E-state index is 12.1. The zero-order valence-corrected chi connectivity index (χ0v) is 11.7. The van der Waals surface area contributed by atoms with Gasteiger partial charge in [-0.2, -0.15) is 5.10 Å². The Morgan fingerprint density at radius 2 is 2.21 bits per heavy atom. The van der Waals surface area contributed by atoms with Crippen LogP contribution in [-0.2, 0) is 16.6 Å². The number of nitrogens with two attached hydrogens (primary N) is 1. The van der Waals surface area contributed by atoms with Crippen LogP contribution in [-0.4, -0.2) is 30.5 Å². The molecule has 3 N–H and O–H groups in total. The maximum Gasteiger partial charge on any atom is 0.291 e. The van der Waals surface area contributed by atoms with Gasteiger partial charge in [0.2, 0.25) is 10.0 Å². The molecule has 1 fully saturated rings. The van der Waals surface area contributed by atoms with Crippen LogP contribution in [0, 0.1) is 5.92 Å². The van der Waals surface area contributed by atoms with Crippen molar-refractivity contribution in [2.45, 2.75) is 19.4 Å². The fourth-order valence-electron chi connectivity index (χ4n) is 1.62. The Balaban J connectivity index is 2.11. The Hall–Kier alpha value is -1.12. The molecule has 0 amide bonds. The monoisotopic (exact) mass is 306 g/mol. The molecule has 106 valence electrons. The highest BCUT2D eigenvalue weighted by molar-refractivity contribution is 7.89. The van der Waals surface area contributed by atoms with Gasteiger partial charge in [-0.3, -0.25) is 4.79 Å². The molecule has 0 spiro atoms. The second-order valence-electron chi connectivity index (χ2n) is 4.59. The summed E-state index contributed by atoms with van der Waals surface area (Å²) < 4.78 is 23.0. The lowest BCUT2D eigenvalue weighted by molar-refractivity contribution is 0.534. The van der Waals surface area contributed by atoms with Gasteiger partial charge in [-0.15, -0.1) is 0 Å². The lowest BCUT2D eigenvalue weighted by atomic mass is 10.4. The highest BCUT2D eigenvalue weighted by Gasteiger charge is 2.23. The minimum atomic E-state index is -3.57. The molecular formula is C10H15ClN4O3S. The summed E-state index contributed by atoms with van der Waals surface area (Å²) in [6, 6.07) is 0. The average molecular weight is 307 g/mol. The number of halogens is 1. The van der Waals surface area contributed by atoms with Crippen molar-refractivity contribution in [2.75, 3.05) is 17.6 Å². The van der Waals surface area contributed by atoms with Crippen LogP contribution in [0.3, 0.4) is 0 Å². The van der Waals surface area contributed by atoms with Crippen molar-refractivity contribution in [3.63, 3.8) is 0 Å². The van der Waals surface area contributed by atoms with E-state index in [-0.39, 0.29) is 28.6 Å². The standard InChI is InChI=1S/C10H15ClN4O3S/c11-8-5-14-15(6-7-1-2-7)10(16)9(8)13-3-4-19(12,17)18/h5,7,13H,1-4,6H2,(H2,12,17,18). The molecule has 1 saturated carbocycles. The van der Waals surface area contributed by atoms with E-state index in [1.165, 1.54) is 10.9 Å². The zero-order chi connectivity index (χ0) is 14.0. The van der Waals surface area contributed by atoms with E-state index in [4.69, 9.17) is 16.7 Å². The summed E-state index contributed by atoms with van der Waals surface area (Å²) in [5.41, 5.74) is -0.171. The smallest absolute Gasteiger partial charge is 0.291 e. The molecule has 9 heteroatoms. The first kappa shape index (κ1) is 14.3. The van der Waals surface area contributed by atoms with Crippen LogP contribution in [0.15, 0.2) is 11.0 Å². The Kier molecular flexibility index (Phi) is 4.12. The third-order valence-electron chi connectivity index (χ3n) is 2.81. The van der Waals surface area contributed by atoms with Gasteiger partial charge in [-0.05, 0) is 18.8 Å². The van der Waals surface area contributed by atoms with Crippen molar-refractivity contribution < 1.29 is 8.42 Å². The lowest BCUT2D eigenvalue weighted by Crippen LogP contribution is -2.29. The van der Waals surface area contributed by atoms with Gasteiger partial charge in [0.05, 0.1) is 17.0 Å². The number of nitrogens with one attached hydrogen (secondary N) is 1. The minimum absolute atomic E-state index is 0.0290. The molecule has 0 aromatic carbocycles. The van der Waals surface area contributed by atoms with E-state index in [9.17, 15) is 13.2 Å². The number of aromatic nitrogens is 2. The summed E-state index contributed by atoms with van der Waals surface area (Å²) in [5.74, 6) is 0.233. The van der Waals surface area contributed by atoms with Gasteiger partial charge >= 0.3 is 0 Å². The molecular weight excluding hydrogens is 292 g/mol. The summed E-state index contributed by atoms with van der Waals surface area (Å²) in [7, 11) is -3.57. The SMILES string of the molecule is NS(=O)(=O)CCNc1c(Cl)cnn(CC2CC2)c1=O. The molecule has 1 heterocycles. The number of rotatable bonds is 6. The van der Waals surface area contributed by atoms with E-state index in [1.54, 1.807) is 0 Å². The zero-order valence-electron chi connectivity index (χ0n) is 10.2. The van der Waals surface area contributed by atoms with Gasteiger partial charge in [0, 0.05) is 13.1 Å².